The van der Waals surface area contributed by atoms with Gasteiger partial charge in [-0.3, -0.25) is 0 Å². The second kappa shape index (κ2) is 9.49. The third kappa shape index (κ3) is 4.98. The van der Waals surface area contributed by atoms with Crippen molar-refractivity contribution in [2.24, 2.45) is 0 Å². The van der Waals surface area contributed by atoms with Crippen molar-refractivity contribution in [2.45, 2.75) is 32.0 Å². The molecule has 1 unspecified atom stereocenters. The first-order valence-electron chi connectivity index (χ1n) is 11.6. The van der Waals surface area contributed by atoms with Gasteiger partial charge in [0.15, 0.2) is 5.82 Å². The van der Waals surface area contributed by atoms with E-state index >= 15 is 0 Å². The minimum Gasteiger partial charge on any atom is -0.353 e. The van der Waals surface area contributed by atoms with Crippen LogP contribution in [0.5, 0.6) is 0 Å². The molecule has 0 spiro atoms. The van der Waals surface area contributed by atoms with Crippen molar-refractivity contribution in [2.75, 3.05) is 47.4 Å². The van der Waals surface area contributed by atoms with Gasteiger partial charge >= 0.3 is 6.18 Å². The summed E-state index contributed by atoms with van der Waals surface area (Å²) in [6, 6.07) is 10.0. The highest BCUT2D eigenvalue weighted by molar-refractivity contribution is 6.30. The Bertz CT molecular complexity index is 1180. The van der Waals surface area contributed by atoms with Crippen LogP contribution < -0.4 is 14.7 Å². The van der Waals surface area contributed by atoms with Gasteiger partial charge in [0.2, 0.25) is 11.9 Å². The highest BCUT2D eigenvalue weighted by atomic mass is 35.5. The van der Waals surface area contributed by atoms with Gasteiger partial charge in [-0.1, -0.05) is 11.6 Å². The Morgan fingerprint density at radius 3 is 2.23 bits per heavy atom. The Morgan fingerprint density at radius 2 is 1.57 bits per heavy atom. The molecule has 35 heavy (non-hydrogen) atoms. The number of pyridine rings is 1. The summed E-state index contributed by atoms with van der Waals surface area (Å²) in [6.07, 6.45) is -0.918. The van der Waals surface area contributed by atoms with E-state index in [4.69, 9.17) is 26.6 Å². The molecule has 0 saturated carbocycles. The van der Waals surface area contributed by atoms with Crippen LogP contribution in [0.4, 0.5) is 30.9 Å². The molecule has 0 amide bonds. The molecule has 2 saturated heterocycles. The minimum atomic E-state index is -4.45. The molecule has 1 aromatic carbocycles. The number of rotatable bonds is 4. The normalized spacial score (nSPS) is 18.9. The smallest absolute Gasteiger partial charge is 0.353 e. The van der Waals surface area contributed by atoms with Gasteiger partial charge in [-0.05, 0) is 56.2 Å². The van der Waals surface area contributed by atoms with Crippen LogP contribution in [0.15, 0.2) is 42.6 Å². The lowest BCUT2D eigenvalue weighted by Crippen LogP contribution is -2.48. The van der Waals surface area contributed by atoms with Gasteiger partial charge in [0.25, 0.3) is 0 Å². The molecule has 11 heteroatoms. The predicted molar refractivity (Wildman–Crippen MR) is 130 cm³/mol. The first-order chi connectivity index (χ1) is 16.8. The topological polar surface area (TPSA) is 61.3 Å². The lowest BCUT2D eigenvalue weighted by atomic mass is 10.2. The quantitative estimate of drug-likeness (QED) is 0.500. The summed E-state index contributed by atoms with van der Waals surface area (Å²) in [7, 11) is 0. The van der Waals surface area contributed by atoms with Gasteiger partial charge in [0.05, 0.1) is 5.56 Å². The molecule has 4 heterocycles. The number of aromatic nitrogens is 4. The first kappa shape index (κ1) is 23.6. The fourth-order valence-corrected chi connectivity index (χ4v) is 4.70. The van der Waals surface area contributed by atoms with Gasteiger partial charge in [-0.25, -0.2) is 4.98 Å². The van der Waals surface area contributed by atoms with Crippen LogP contribution in [0, 0.1) is 0 Å². The van der Waals surface area contributed by atoms with Crippen molar-refractivity contribution in [1.82, 2.24) is 19.9 Å². The molecule has 2 aliphatic heterocycles. The van der Waals surface area contributed by atoms with E-state index in [2.05, 4.69) is 16.8 Å². The average Bonchev–Trinajstić information content (AvgIpc) is 3.30. The van der Waals surface area contributed by atoms with Crippen molar-refractivity contribution in [3.63, 3.8) is 0 Å². The standard InChI is InChI=1S/C24H25ClF3N7/c1-16-4-3-11-35(16)23-31-20(17-6-8-18(25)9-7-17)30-22(32-23)34-14-12-33(13-15-34)21-19(24(26,27)28)5-2-10-29-21/h2,5-10,16H,3-4,11-15H2,1H3. The molecule has 184 valence electrons. The molecular weight excluding hydrogens is 479 g/mol. The molecule has 2 aromatic heterocycles. The van der Waals surface area contributed by atoms with E-state index in [1.54, 1.807) is 17.0 Å². The first-order valence-corrected chi connectivity index (χ1v) is 12.0. The number of piperazine rings is 1. The van der Waals surface area contributed by atoms with Gasteiger partial charge in [0.1, 0.15) is 5.82 Å². The van der Waals surface area contributed by atoms with Gasteiger partial charge in [-0.15, -0.1) is 0 Å². The average molecular weight is 504 g/mol. The summed E-state index contributed by atoms with van der Waals surface area (Å²) in [5.41, 5.74) is 0.108. The van der Waals surface area contributed by atoms with Crippen LogP contribution in [-0.2, 0) is 6.18 Å². The van der Waals surface area contributed by atoms with E-state index in [-0.39, 0.29) is 5.82 Å². The fourth-order valence-electron chi connectivity index (χ4n) is 4.57. The van der Waals surface area contributed by atoms with Gasteiger partial charge < -0.3 is 14.7 Å². The fraction of sp³-hybridized carbons (Fsp3) is 0.417. The van der Waals surface area contributed by atoms with Crippen LogP contribution in [0.3, 0.4) is 0 Å². The second-order valence-corrected chi connectivity index (χ2v) is 9.23. The maximum absolute atomic E-state index is 13.5. The summed E-state index contributed by atoms with van der Waals surface area (Å²) in [6.45, 7) is 4.70. The Kier molecular flexibility index (Phi) is 6.39. The van der Waals surface area contributed by atoms with Gasteiger partial charge in [0, 0.05) is 55.5 Å². The van der Waals surface area contributed by atoms with Crippen molar-refractivity contribution >= 4 is 29.3 Å². The zero-order valence-corrected chi connectivity index (χ0v) is 20.0. The summed E-state index contributed by atoms with van der Waals surface area (Å²) < 4.78 is 40.4. The number of hydrogen-bond acceptors (Lipinski definition) is 7. The lowest BCUT2D eigenvalue weighted by molar-refractivity contribution is -0.137. The molecule has 7 nitrogen and oxygen atoms in total. The summed E-state index contributed by atoms with van der Waals surface area (Å²) in [5, 5.41) is 0.625. The molecule has 3 aromatic rings. The molecule has 2 aliphatic rings. The Balaban J connectivity index is 1.42. The molecule has 1 atom stereocenters. The van der Waals surface area contributed by atoms with Crippen LogP contribution in [0.2, 0.25) is 5.02 Å². The largest absolute Gasteiger partial charge is 0.419 e. The van der Waals surface area contributed by atoms with Crippen LogP contribution >= 0.6 is 11.6 Å². The number of alkyl halides is 3. The Morgan fingerprint density at radius 1 is 0.886 bits per heavy atom. The highest BCUT2D eigenvalue weighted by Gasteiger charge is 2.36. The van der Waals surface area contributed by atoms with Crippen LogP contribution in [0.1, 0.15) is 25.3 Å². The molecule has 2 fully saturated rings. The number of benzene rings is 1. The van der Waals surface area contributed by atoms with Crippen molar-refractivity contribution in [1.29, 1.82) is 0 Å². The van der Waals surface area contributed by atoms with Crippen LogP contribution in [-0.4, -0.2) is 58.7 Å². The predicted octanol–water partition coefficient (Wildman–Crippen LogP) is 4.92. The summed E-state index contributed by atoms with van der Waals surface area (Å²) in [5.74, 6) is 1.66. The van der Waals surface area contributed by atoms with E-state index in [1.807, 2.05) is 17.0 Å². The van der Waals surface area contributed by atoms with E-state index in [9.17, 15) is 13.2 Å². The number of halogens is 4. The number of anilines is 3. The monoisotopic (exact) mass is 503 g/mol. The molecule has 0 radical (unpaired) electrons. The Hall–Kier alpha value is -3.14. The van der Waals surface area contributed by atoms with Crippen molar-refractivity contribution < 1.29 is 13.2 Å². The van der Waals surface area contributed by atoms with E-state index in [1.165, 1.54) is 12.3 Å². The molecule has 5 rings (SSSR count). The SMILES string of the molecule is CC1CCCN1c1nc(-c2ccc(Cl)cc2)nc(N2CCN(c3ncccc3C(F)(F)F)CC2)n1. The van der Waals surface area contributed by atoms with Crippen molar-refractivity contribution in [3.8, 4) is 11.4 Å². The third-order valence-electron chi connectivity index (χ3n) is 6.48. The second-order valence-electron chi connectivity index (χ2n) is 8.80. The molecule has 0 bridgehead atoms. The lowest BCUT2D eigenvalue weighted by Gasteiger charge is -2.36. The molecule has 0 aliphatic carbocycles. The molecule has 0 N–H and O–H groups in total. The van der Waals surface area contributed by atoms with Gasteiger partial charge in [-0.2, -0.15) is 28.1 Å². The highest BCUT2D eigenvalue weighted by Crippen LogP contribution is 2.35. The summed E-state index contributed by atoms with van der Waals surface area (Å²) >= 11 is 6.06. The van der Waals surface area contributed by atoms with E-state index in [0.29, 0.717) is 55.0 Å². The van der Waals surface area contributed by atoms with E-state index in [0.717, 1.165) is 31.0 Å². The minimum absolute atomic E-state index is 0.0382. The Labute approximate surface area is 206 Å². The summed E-state index contributed by atoms with van der Waals surface area (Å²) in [4.78, 5) is 24.1. The zero-order chi connectivity index (χ0) is 24.6. The van der Waals surface area contributed by atoms with Crippen LogP contribution in [0.25, 0.3) is 11.4 Å². The maximum atomic E-state index is 13.5. The third-order valence-corrected chi connectivity index (χ3v) is 6.73. The van der Waals surface area contributed by atoms with E-state index < -0.39 is 11.7 Å². The molecular formula is C24H25ClF3N7. The zero-order valence-electron chi connectivity index (χ0n) is 19.2. The number of nitrogens with zero attached hydrogens (tertiary/aromatic N) is 7. The number of hydrogen-bond donors (Lipinski definition) is 0. The maximum Gasteiger partial charge on any atom is 0.419 e. The van der Waals surface area contributed by atoms with Crippen molar-refractivity contribution in [3.05, 3.63) is 53.2 Å².